The third kappa shape index (κ3) is 3.11. The smallest absolute Gasteiger partial charge is 0.243 e. The Kier molecular flexibility index (Phi) is 3.77. The average molecular weight is 361 g/mol. The molecule has 1 aromatic carbocycles. The van der Waals surface area contributed by atoms with Gasteiger partial charge < -0.3 is 4.52 Å². The van der Waals surface area contributed by atoms with E-state index in [1.807, 2.05) is 12.1 Å². The van der Waals surface area contributed by atoms with E-state index in [1.54, 1.807) is 12.1 Å². The van der Waals surface area contributed by atoms with Crippen LogP contribution in [0.5, 0.6) is 0 Å². The summed E-state index contributed by atoms with van der Waals surface area (Å²) in [5.41, 5.74) is 1.12. The number of rotatable bonds is 4. The first-order chi connectivity index (χ1) is 11.7. The van der Waals surface area contributed by atoms with Crippen LogP contribution in [0.4, 0.5) is 0 Å². The number of aromatic nitrogens is 2. The monoisotopic (exact) mass is 361 g/mol. The van der Waals surface area contributed by atoms with Crippen molar-refractivity contribution in [2.45, 2.75) is 55.8 Å². The number of sulfonamides is 1. The van der Waals surface area contributed by atoms with Gasteiger partial charge in [0.25, 0.3) is 0 Å². The van der Waals surface area contributed by atoms with E-state index < -0.39 is 10.0 Å². The second-order valence-corrected chi connectivity index (χ2v) is 10.00. The molecule has 0 amide bonds. The van der Waals surface area contributed by atoms with Gasteiger partial charge in [-0.05, 0) is 36.0 Å². The van der Waals surface area contributed by atoms with Gasteiger partial charge in [-0.2, -0.15) is 9.29 Å². The molecule has 0 radical (unpaired) electrons. The van der Waals surface area contributed by atoms with Crippen LogP contribution < -0.4 is 0 Å². The first-order valence-electron chi connectivity index (χ1n) is 8.69. The zero-order chi connectivity index (χ0) is 17.8. The lowest BCUT2D eigenvalue weighted by Gasteiger charge is -2.35. The molecule has 2 fully saturated rings. The van der Waals surface area contributed by atoms with Crippen LogP contribution in [0.25, 0.3) is 0 Å². The Morgan fingerprint density at radius 2 is 1.72 bits per heavy atom. The Morgan fingerprint density at radius 3 is 2.28 bits per heavy atom. The lowest BCUT2D eigenvalue weighted by atomic mass is 9.87. The summed E-state index contributed by atoms with van der Waals surface area (Å²) in [5, 5.41) is 4.01. The predicted molar refractivity (Wildman–Crippen MR) is 92.9 cm³/mol. The van der Waals surface area contributed by atoms with Crippen molar-refractivity contribution in [1.82, 2.24) is 14.4 Å². The molecule has 0 N–H and O–H groups in total. The van der Waals surface area contributed by atoms with Crippen LogP contribution in [0.1, 0.15) is 62.7 Å². The van der Waals surface area contributed by atoms with Crippen molar-refractivity contribution in [3.05, 3.63) is 41.5 Å². The second kappa shape index (κ2) is 5.64. The quantitative estimate of drug-likeness (QED) is 0.836. The van der Waals surface area contributed by atoms with E-state index in [1.165, 1.54) is 4.31 Å². The van der Waals surface area contributed by atoms with Crippen LogP contribution in [0.2, 0.25) is 0 Å². The lowest BCUT2D eigenvalue weighted by molar-refractivity contribution is 0.216. The predicted octanol–water partition coefficient (Wildman–Crippen LogP) is 3.03. The molecule has 25 heavy (non-hydrogen) atoms. The van der Waals surface area contributed by atoms with E-state index in [-0.39, 0.29) is 11.3 Å². The molecular weight excluding hydrogens is 338 g/mol. The van der Waals surface area contributed by atoms with Crippen LogP contribution in [0.15, 0.2) is 33.7 Å². The fraction of sp³-hybridized carbons (Fsp3) is 0.556. The molecule has 1 aliphatic carbocycles. The van der Waals surface area contributed by atoms with Crippen LogP contribution >= 0.6 is 0 Å². The fourth-order valence-corrected chi connectivity index (χ4v) is 4.52. The van der Waals surface area contributed by atoms with Gasteiger partial charge in [0, 0.05) is 19.0 Å². The van der Waals surface area contributed by atoms with E-state index in [2.05, 4.69) is 30.9 Å². The van der Waals surface area contributed by atoms with Crippen molar-refractivity contribution in [2.75, 3.05) is 13.1 Å². The van der Waals surface area contributed by atoms with E-state index in [0.29, 0.717) is 29.8 Å². The summed E-state index contributed by atoms with van der Waals surface area (Å²) in [4.78, 5) is 4.76. The Bertz CT molecular complexity index is 871. The van der Waals surface area contributed by atoms with Crippen molar-refractivity contribution in [2.24, 2.45) is 0 Å². The van der Waals surface area contributed by atoms with Crippen LogP contribution in [0.3, 0.4) is 0 Å². The Balaban J connectivity index is 1.45. The number of hydrogen-bond donors (Lipinski definition) is 0. The molecule has 4 rings (SSSR count). The molecule has 1 saturated carbocycles. The number of nitrogens with zero attached hydrogens (tertiary/aromatic N) is 3. The van der Waals surface area contributed by atoms with Gasteiger partial charge >= 0.3 is 0 Å². The average Bonchev–Trinajstić information content (AvgIpc) is 3.24. The molecule has 0 bridgehead atoms. The molecule has 2 heterocycles. The highest BCUT2D eigenvalue weighted by molar-refractivity contribution is 7.89. The van der Waals surface area contributed by atoms with Gasteiger partial charge in [-0.1, -0.05) is 38.1 Å². The standard InChI is InChI=1S/C18H23N3O3S/c1-18(2,3)14-6-8-15(9-7-14)25(22,23)21-10-13(11-21)17-19-16(20-24-17)12-4-5-12/h6-9,12-13H,4-5,10-11H2,1-3H3. The van der Waals surface area contributed by atoms with Crippen molar-refractivity contribution in [1.29, 1.82) is 0 Å². The van der Waals surface area contributed by atoms with Gasteiger partial charge in [0.1, 0.15) is 0 Å². The topological polar surface area (TPSA) is 76.3 Å². The molecule has 0 spiro atoms. The summed E-state index contributed by atoms with van der Waals surface area (Å²) < 4.78 is 32.3. The van der Waals surface area contributed by atoms with E-state index in [4.69, 9.17) is 4.52 Å². The summed E-state index contributed by atoms with van der Waals surface area (Å²) in [7, 11) is -3.46. The highest BCUT2D eigenvalue weighted by Crippen LogP contribution is 2.39. The largest absolute Gasteiger partial charge is 0.339 e. The summed E-state index contributed by atoms with van der Waals surface area (Å²) in [6, 6.07) is 7.18. The molecule has 1 aromatic heterocycles. The third-order valence-electron chi connectivity index (χ3n) is 4.96. The van der Waals surface area contributed by atoms with E-state index in [0.717, 1.165) is 24.2 Å². The Morgan fingerprint density at radius 1 is 1.08 bits per heavy atom. The first kappa shape index (κ1) is 16.7. The van der Waals surface area contributed by atoms with Crippen molar-refractivity contribution in [3.63, 3.8) is 0 Å². The van der Waals surface area contributed by atoms with Gasteiger partial charge in [-0.25, -0.2) is 8.42 Å². The highest BCUT2D eigenvalue weighted by Gasteiger charge is 2.41. The van der Waals surface area contributed by atoms with Gasteiger partial charge in [-0.3, -0.25) is 0 Å². The van der Waals surface area contributed by atoms with E-state index in [9.17, 15) is 8.42 Å². The van der Waals surface area contributed by atoms with Gasteiger partial charge in [0.15, 0.2) is 5.82 Å². The molecule has 0 atom stereocenters. The minimum Gasteiger partial charge on any atom is -0.339 e. The third-order valence-corrected chi connectivity index (χ3v) is 6.80. The normalized spacial score (nSPS) is 19.8. The summed E-state index contributed by atoms with van der Waals surface area (Å²) in [6.07, 6.45) is 2.24. The molecule has 6 nitrogen and oxygen atoms in total. The molecule has 7 heteroatoms. The molecule has 0 unspecified atom stereocenters. The minimum atomic E-state index is -3.46. The van der Waals surface area contributed by atoms with Crippen LogP contribution in [0, 0.1) is 0 Å². The molecule has 2 aliphatic rings. The molecule has 1 saturated heterocycles. The fourth-order valence-electron chi connectivity index (χ4n) is 2.99. The summed E-state index contributed by atoms with van der Waals surface area (Å²) in [5.74, 6) is 1.79. The number of benzene rings is 1. The van der Waals surface area contributed by atoms with Gasteiger partial charge in [0.2, 0.25) is 15.9 Å². The van der Waals surface area contributed by atoms with E-state index >= 15 is 0 Å². The SMILES string of the molecule is CC(C)(C)c1ccc(S(=O)(=O)N2CC(c3nc(C4CC4)no3)C2)cc1. The first-order valence-corrected chi connectivity index (χ1v) is 10.1. The van der Waals surface area contributed by atoms with Crippen molar-refractivity contribution < 1.29 is 12.9 Å². The van der Waals surface area contributed by atoms with Crippen LogP contribution in [-0.4, -0.2) is 36.0 Å². The van der Waals surface area contributed by atoms with Gasteiger partial charge in [0.05, 0.1) is 10.8 Å². The maximum absolute atomic E-state index is 12.7. The van der Waals surface area contributed by atoms with Crippen LogP contribution in [-0.2, 0) is 15.4 Å². The Hall–Kier alpha value is -1.73. The zero-order valence-corrected chi connectivity index (χ0v) is 15.6. The van der Waals surface area contributed by atoms with Gasteiger partial charge in [-0.15, -0.1) is 0 Å². The molecule has 134 valence electrons. The maximum atomic E-state index is 12.7. The Labute approximate surface area is 148 Å². The summed E-state index contributed by atoms with van der Waals surface area (Å²) >= 11 is 0. The minimum absolute atomic E-state index is 0.00135. The zero-order valence-electron chi connectivity index (χ0n) is 14.8. The summed E-state index contributed by atoms with van der Waals surface area (Å²) in [6.45, 7) is 7.12. The van der Waals surface area contributed by atoms with Crippen molar-refractivity contribution >= 4 is 10.0 Å². The van der Waals surface area contributed by atoms with Crippen molar-refractivity contribution in [3.8, 4) is 0 Å². The second-order valence-electron chi connectivity index (χ2n) is 8.06. The molecule has 1 aliphatic heterocycles. The highest BCUT2D eigenvalue weighted by atomic mass is 32.2. The maximum Gasteiger partial charge on any atom is 0.243 e. The lowest BCUT2D eigenvalue weighted by Crippen LogP contribution is -2.48. The molecular formula is C18H23N3O3S. The molecule has 2 aromatic rings. The number of hydrogen-bond acceptors (Lipinski definition) is 5.